The molecule has 0 saturated carbocycles. The molecule has 0 atom stereocenters. The Labute approximate surface area is 126 Å². The van der Waals surface area contributed by atoms with E-state index in [1.54, 1.807) is 12.1 Å². The molecule has 0 aromatic carbocycles. The molecule has 114 valence electrons. The van der Waals surface area contributed by atoms with Gasteiger partial charge in [-0.2, -0.15) is 4.98 Å². The summed E-state index contributed by atoms with van der Waals surface area (Å²) in [5.74, 6) is 0.710. The molecule has 0 unspecified atom stereocenters. The smallest absolute Gasteiger partial charge is 0.227 e. The van der Waals surface area contributed by atoms with Crippen LogP contribution in [0.2, 0.25) is 0 Å². The first-order valence-corrected chi connectivity index (χ1v) is 6.17. The number of nitrogens with zero attached hydrogens (tertiary/aromatic N) is 2. The van der Waals surface area contributed by atoms with Crippen LogP contribution in [0.15, 0.2) is 18.3 Å². The van der Waals surface area contributed by atoms with Gasteiger partial charge >= 0.3 is 0 Å². The number of ether oxygens (including phenoxy) is 2. The molecule has 0 saturated heterocycles. The van der Waals surface area contributed by atoms with Gasteiger partial charge in [0.2, 0.25) is 11.8 Å². The molecule has 7 nitrogen and oxygen atoms in total. The molecule has 2 heterocycles. The van der Waals surface area contributed by atoms with Crippen LogP contribution in [0.25, 0.3) is 0 Å². The van der Waals surface area contributed by atoms with Crippen LogP contribution < -0.4 is 15.2 Å². The molecule has 0 amide bonds. The van der Waals surface area contributed by atoms with Crippen LogP contribution in [0.3, 0.4) is 0 Å². The van der Waals surface area contributed by atoms with Crippen molar-refractivity contribution < 1.29 is 19.1 Å². The van der Waals surface area contributed by atoms with E-state index in [1.165, 1.54) is 31.8 Å². The molecule has 2 aromatic heterocycles. The predicted molar refractivity (Wildman–Crippen MR) is 81.4 cm³/mol. The van der Waals surface area contributed by atoms with Crippen molar-refractivity contribution in [2.45, 2.75) is 7.43 Å². The molecule has 0 aliphatic carbocycles. The van der Waals surface area contributed by atoms with Crippen LogP contribution in [-0.4, -0.2) is 36.8 Å². The monoisotopic (exact) mass is 311 g/mol. The first-order chi connectivity index (χ1) is 9.64. The van der Waals surface area contributed by atoms with Crippen LogP contribution in [0.4, 0.5) is 5.13 Å². The molecular formula is C13H17N3O4S. The van der Waals surface area contributed by atoms with E-state index in [-0.39, 0.29) is 13.3 Å². The second-order valence-electron chi connectivity index (χ2n) is 3.29. The predicted octanol–water partition coefficient (Wildman–Crippen LogP) is 2.09. The average Bonchev–Trinajstić information content (AvgIpc) is 2.92. The third-order valence-corrected chi connectivity index (χ3v) is 2.80. The standard InChI is InChI=1S/C8H9NO3.C4H4N2OS.CH4/c1-11-7-4-3-6(5-10)8(9-7)12-2;5-4-6-1-3(2-7)8-4;/h3-5H,1-2H3;1-2H,(H2,5,6);1H4. The van der Waals surface area contributed by atoms with Gasteiger partial charge in [-0.3, -0.25) is 9.59 Å². The zero-order valence-electron chi connectivity index (χ0n) is 10.9. The van der Waals surface area contributed by atoms with E-state index in [9.17, 15) is 9.59 Å². The molecule has 0 bridgehead atoms. The van der Waals surface area contributed by atoms with Gasteiger partial charge in [-0.05, 0) is 6.07 Å². The molecule has 2 rings (SSSR count). The van der Waals surface area contributed by atoms with Crippen molar-refractivity contribution in [1.82, 2.24) is 9.97 Å². The molecule has 0 aliphatic heterocycles. The summed E-state index contributed by atoms with van der Waals surface area (Å²) in [5, 5.41) is 0.437. The van der Waals surface area contributed by atoms with Gasteiger partial charge in [-0.15, -0.1) is 0 Å². The highest BCUT2D eigenvalue weighted by Gasteiger charge is 2.04. The number of carbonyl (C=O) groups excluding carboxylic acids is 2. The summed E-state index contributed by atoms with van der Waals surface area (Å²) >= 11 is 1.19. The number of carbonyl (C=O) groups is 2. The van der Waals surface area contributed by atoms with Gasteiger partial charge in [-0.25, -0.2) is 4.98 Å². The number of pyridine rings is 1. The largest absolute Gasteiger partial charge is 0.481 e. The van der Waals surface area contributed by atoms with Gasteiger partial charge < -0.3 is 15.2 Å². The lowest BCUT2D eigenvalue weighted by Gasteiger charge is -2.03. The Kier molecular flexibility index (Phi) is 8.31. The van der Waals surface area contributed by atoms with Crippen molar-refractivity contribution in [2.24, 2.45) is 0 Å². The maximum atomic E-state index is 10.4. The van der Waals surface area contributed by atoms with Gasteiger partial charge in [0.1, 0.15) is 0 Å². The number of thiazole rings is 1. The van der Waals surface area contributed by atoms with Gasteiger partial charge in [0.25, 0.3) is 0 Å². The number of hydrogen-bond donors (Lipinski definition) is 1. The van der Waals surface area contributed by atoms with E-state index >= 15 is 0 Å². The summed E-state index contributed by atoms with van der Waals surface area (Å²) in [7, 11) is 2.96. The van der Waals surface area contributed by atoms with Gasteiger partial charge in [0.05, 0.1) is 30.9 Å². The maximum Gasteiger partial charge on any atom is 0.227 e. The van der Waals surface area contributed by atoms with Crippen LogP contribution in [-0.2, 0) is 0 Å². The lowest BCUT2D eigenvalue weighted by atomic mass is 10.3. The number of nitrogens with two attached hydrogens (primary N) is 1. The fourth-order valence-corrected chi connectivity index (χ4v) is 1.66. The van der Waals surface area contributed by atoms with Crippen molar-refractivity contribution in [3.05, 3.63) is 28.8 Å². The van der Waals surface area contributed by atoms with Gasteiger partial charge in [-0.1, -0.05) is 18.8 Å². The Bertz CT molecular complexity index is 587. The summed E-state index contributed by atoms with van der Waals surface area (Å²) in [6.07, 6.45) is 2.87. The van der Waals surface area contributed by atoms with Crippen molar-refractivity contribution >= 4 is 29.0 Å². The fraction of sp³-hybridized carbons (Fsp3) is 0.231. The molecule has 21 heavy (non-hydrogen) atoms. The number of methoxy groups -OCH3 is 2. The number of hydrogen-bond acceptors (Lipinski definition) is 8. The summed E-state index contributed by atoms with van der Waals surface area (Å²) in [4.78, 5) is 28.5. The first kappa shape index (κ1) is 18.5. The number of rotatable bonds is 4. The second kappa shape index (κ2) is 9.43. The van der Waals surface area contributed by atoms with E-state index in [2.05, 4.69) is 9.97 Å². The lowest BCUT2D eigenvalue weighted by molar-refractivity contribution is 0.111. The summed E-state index contributed by atoms with van der Waals surface area (Å²) in [6, 6.07) is 3.20. The topological polar surface area (TPSA) is 104 Å². The quantitative estimate of drug-likeness (QED) is 0.862. The van der Waals surface area contributed by atoms with Gasteiger partial charge in [0, 0.05) is 6.07 Å². The molecule has 0 spiro atoms. The van der Waals surface area contributed by atoms with Crippen LogP contribution in [0.1, 0.15) is 27.5 Å². The van der Waals surface area contributed by atoms with Crippen LogP contribution >= 0.6 is 11.3 Å². The van der Waals surface area contributed by atoms with E-state index in [0.717, 1.165) is 6.29 Å². The Hall–Kier alpha value is -2.48. The average molecular weight is 311 g/mol. The number of aromatic nitrogens is 2. The highest BCUT2D eigenvalue weighted by molar-refractivity contribution is 7.16. The molecule has 0 aliphatic rings. The van der Waals surface area contributed by atoms with Gasteiger partial charge in [0.15, 0.2) is 17.7 Å². The van der Waals surface area contributed by atoms with E-state index in [1.807, 2.05) is 0 Å². The summed E-state index contributed by atoms with van der Waals surface area (Å²) in [5.41, 5.74) is 5.62. The highest BCUT2D eigenvalue weighted by atomic mass is 32.1. The Balaban J connectivity index is 0.000000390. The number of nitrogen functional groups attached to an aromatic ring is 1. The molecular weight excluding hydrogens is 294 g/mol. The zero-order valence-corrected chi connectivity index (χ0v) is 11.7. The van der Waals surface area contributed by atoms with E-state index in [4.69, 9.17) is 15.2 Å². The minimum absolute atomic E-state index is 0. The second-order valence-corrected chi connectivity index (χ2v) is 4.38. The van der Waals surface area contributed by atoms with Crippen molar-refractivity contribution in [2.75, 3.05) is 20.0 Å². The SMILES string of the molecule is C.COc1ccc(C=O)c(OC)n1.Nc1ncc(C=O)s1. The van der Waals surface area contributed by atoms with Crippen molar-refractivity contribution in [1.29, 1.82) is 0 Å². The minimum atomic E-state index is 0. The normalized spacial score (nSPS) is 8.67. The Morgan fingerprint density at radius 3 is 2.29 bits per heavy atom. The third-order valence-electron chi connectivity index (χ3n) is 2.05. The fourth-order valence-electron chi connectivity index (χ4n) is 1.16. The summed E-state index contributed by atoms with van der Waals surface area (Å²) < 4.78 is 9.71. The highest BCUT2D eigenvalue weighted by Crippen LogP contribution is 2.17. The molecule has 2 aromatic rings. The summed E-state index contributed by atoms with van der Waals surface area (Å²) in [6.45, 7) is 0. The van der Waals surface area contributed by atoms with Crippen molar-refractivity contribution in [3.63, 3.8) is 0 Å². The number of aldehydes is 2. The molecule has 0 radical (unpaired) electrons. The molecule has 0 fully saturated rings. The number of anilines is 1. The first-order valence-electron chi connectivity index (χ1n) is 5.35. The Morgan fingerprint density at radius 2 is 1.90 bits per heavy atom. The lowest BCUT2D eigenvalue weighted by Crippen LogP contribution is -1.96. The Morgan fingerprint density at radius 1 is 1.19 bits per heavy atom. The van der Waals surface area contributed by atoms with Crippen LogP contribution in [0, 0.1) is 0 Å². The molecule has 8 heteroatoms. The van der Waals surface area contributed by atoms with Crippen LogP contribution in [0.5, 0.6) is 11.8 Å². The van der Waals surface area contributed by atoms with E-state index in [0.29, 0.717) is 27.7 Å². The maximum absolute atomic E-state index is 10.4. The van der Waals surface area contributed by atoms with Crippen molar-refractivity contribution in [3.8, 4) is 11.8 Å². The molecule has 2 N–H and O–H groups in total. The minimum Gasteiger partial charge on any atom is -0.481 e. The van der Waals surface area contributed by atoms with E-state index < -0.39 is 0 Å². The third kappa shape index (κ3) is 5.57. The zero-order chi connectivity index (χ0) is 15.0.